The van der Waals surface area contributed by atoms with Gasteiger partial charge in [0.2, 0.25) is 11.8 Å². The summed E-state index contributed by atoms with van der Waals surface area (Å²) in [6, 6.07) is 5.72. The molecule has 180 valence electrons. The normalized spacial score (nSPS) is 31.3. The van der Waals surface area contributed by atoms with Crippen LogP contribution in [0.4, 0.5) is 13.2 Å². The highest BCUT2D eigenvalue weighted by atomic mass is 19.2. The van der Waals surface area contributed by atoms with Gasteiger partial charge in [-0.25, -0.2) is 17.9 Å². The molecule has 3 aromatic rings. The summed E-state index contributed by atoms with van der Waals surface area (Å²) in [5.41, 5.74) is 0.0795. The van der Waals surface area contributed by atoms with E-state index in [4.69, 9.17) is 9.47 Å². The average molecular weight is 477 g/mol. The van der Waals surface area contributed by atoms with Crippen molar-refractivity contribution in [3.05, 3.63) is 66.4 Å². The van der Waals surface area contributed by atoms with Crippen molar-refractivity contribution in [3.8, 4) is 11.3 Å². The quantitative estimate of drug-likeness (QED) is 0.441. The zero-order chi connectivity index (χ0) is 24.0. The van der Waals surface area contributed by atoms with Crippen molar-refractivity contribution >= 4 is 0 Å². The van der Waals surface area contributed by atoms with Crippen LogP contribution in [0.5, 0.6) is 0 Å². The molecule has 2 aromatic heterocycles. The van der Waals surface area contributed by atoms with E-state index in [1.807, 2.05) is 42.1 Å². The summed E-state index contributed by atoms with van der Waals surface area (Å²) >= 11 is 0. The van der Waals surface area contributed by atoms with Gasteiger partial charge in [0.1, 0.15) is 23.9 Å². The van der Waals surface area contributed by atoms with E-state index in [9.17, 15) is 23.4 Å². The molecular formula is C23H24F3N4O4+. The zero-order valence-corrected chi connectivity index (χ0v) is 18.3. The third-order valence-corrected chi connectivity index (χ3v) is 6.44. The molecule has 2 N–H and O–H groups in total. The van der Waals surface area contributed by atoms with E-state index >= 15 is 0 Å². The first-order chi connectivity index (χ1) is 16.3. The predicted molar refractivity (Wildman–Crippen MR) is 110 cm³/mol. The monoisotopic (exact) mass is 477 g/mol. The topological polar surface area (TPSA) is 93.5 Å². The largest absolute Gasteiger partial charge is 0.394 e. The zero-order valence-electron chi connectivity index (χ0n) is 18.3. The van der Waals surface area contributed by atoms with Gasteiger partial charge in [-0.15, -0.1) is 5.10 Å². The molecule has 4 heterocycles. The lowest BCUT2D eigenvalue weighted by atomic mass is 9.84. The standard InChI is InChI=1S/C23H24F3N4O4/c1-13-9-23(33-12-13)22(29-5-3-2-4-6-29)20(21(32)18(11-31)34-23)30-10-17(27-28-30)14-7-15(24)19(26)16(25)8-14/h2-8,10,13,18,20-22,31-32H,9,11-12H2,1H3/q+1/t13?,18-,20-,21+,22-,23+/m1/s1. The lowest BCUT2D eigenvalue weighted by Crippen LogP contribution is -2.66. The highest BCUT2D eigenvalue weighted by Gasteiger charge is 2.63. The van der Waals surface area contributed by atoms with Crippen LogP contribution in [0.25, 0.3) is 11.3 Å². The third-order valence-electron chi connectivity index (χ3n) is 6.44. The Morgan fingerprint density at radius 1 is 1.18 bits per heavy atom. The summed E-state index contributed by atoms with van der Waals surface area (Å²) in [5, 5.41) is 29.3. The lowest BCUT2D eigenvalue weighted by molar-refractivity contribution is -0.759. The van der Waals surface area contributed by atoms with Crippen molar-refractivity contribution in [1.82, 2.24) is 15.0 Å². The maximum absolute atomic E-state index is 13.8. The summed E-state index contributed by atoms with van der Waals surface area (Å²) < 4.78 is 56.6. The van der Waals surface area contributed by atoms with E-state index in [1.165, 1.54) is 10.9 Å². The number of rotatable bonds is 4. The van der Waals surface area contributed by atoms with Crippen molar-refractivity contribution < 1.29 is 37.4 Å². The van der Waals surface area contributed by atoms with Crippen LogP contribution in [0.15, 0.2) is 48.9 Å². The van der Waals surface area contributed by atoms with E-state index < -0.39 is 54.1 Å². The Morgan fingerprint density at radius 3 is 2.50 bits per heavy atom. The molecule has 0 bridgehead atoms. The highest BCUT2D eigenvalue weighted by molar-refractivity contribution is 5.57. The molecule has 5 rings (SSSR count). The van der Waals surface area contributed by atoms with Gasteiger partial charge in [-0.1, -0.05) is 18.2 Å². The number of pyridine rings is 1. The number of aromatic nitrogens is 4. The Bertz CT molecular complexity index is 1160. The Kier molecular flexibility index (Phi) is 5.88. The third kappa shape index (κ3) is 3.78. The van der Waals surface area contributed by atoms with Gasteiger partial charge in [0.25, 0.3) is 0 Å². The van der Waals surface area contributed by atoms with Gasteiger partial charge in [-0.3, -0.25) is 0 Å². The first kappa shape index (κ1) is 22.9. The molecule has 8 nitrogen and oxygen atoms in total. The van der Waals surface area contributed by atoms with Crippen molar-refractivity contribution in [2.45, 2.75) is 43.4 Å². The van der Waals surface area contributed by atoms with Gasteiger partial charge >= 0.3 is 0 Å². The molecule has 2 aliphatic rings. The SMILES string of the molecule is CC1CO[C@@]2(C1)O[C@H](CO)[C@H](O)[C@@H](n1cc(-c3cc(F)c(F)c(F)c3)nn1)[C@H]2[n+]1ccccc1. The summed E-state index contributed by atoms with van der Waals surface area (Å²) in [6.45, 7) is 1.99. The van der Waals surface area contributed by atoms with Crippen molar-refractivity contribution in [2.75, 3.05) is 13.2 Å². The fourth-order valence-electron chi connectivity index (χ4n) is 4.94. The van der Waals surface area contributed by atoms with Gasteiger partial charge in [-0.05, 0) is 18.1 Å². The molecule has 0 aliphatic carbocycles. The fraction of sp³-hybridized carbons (Fsp3) is 0.435. The Hall–Kier alpha value is -2.86. The second-order valence-electron chi connectivity index (χ2n) is 8.86. The van der Waals surface area contributed by atoms with E-state index in [1.54, 1.807) is 0 Å². The van der Waals surface area contributed by atoms with E-state index in [0.29, 0.717) is 13.0 Å². The molecule has 0 radical (unpaired) electrons. The first-order valence-electron chi connectivity index (χ1n) is 11.0. The smallest absolute Gasteiger partial charge is 0.236 e. The lowest BCUT2D eigenvalue weighted by Gasteiger charge is -2.46. The van der Waals surface area contributed by atoms with Gasteiger partial charge < -0.3 is 19.7 Å². The van der Waals surface area contributed by atoms with Crippen LogP contribution < -0.4 is 4.57 Å². The molecule has 2 saturated heterocycles. The van der Waals surface area contributed by atoms with Crippen LogP contribution in [0, 0.1) is 23.4 Å². The Balaban J connectivity index is 1.62. The minimum atomic E-state index is -1.57. The number of halogens is 3. The molecule has 6 atom stereocenters. The second kappa shape index (κ2) is 8.73. The fourth-order valence-corrected chi connectivity index (χ4v) is 4.94. The van der Waals surface area contributed by atoms with Crippen molar-refractivity contribution in [1.29, 1.82) is 0 Å². The number of hydrogen-bond donors (Lipinski definition) is 2. The molecule has 0 amide bonds. The summed E-state index contributed by atoms with van der Waals surface area (Å²) in [4.78, 5) is 0. The molecule has 1 spiro atoms. The highest BCUT2D eigenvalue weighted by Crippen LogP contribution is 2.48. The predicted octanol–water partition coefficient (Wildman–Crippen LogP) is 1.94. The Labute approximate surface area is 193 Å². The van der Waals surface area contributed by atoms with Crippen molar-refractivity contribution in [2.24, 2.45) is 5.92 Å². The number of ether oxygens (including phenoxy) is 2. The molecule has 1 unspecified atom stereocenters. The number of aliphatic hydroxyl groups excluding tert-OH is 2. The molecule has 11 heteroatoms. The summed E-state index contributed by atoms with van der Waals surface area (Å²) in [5.74, 6) is -5.26. The van der Waals surface area contributed by atoms with Crippen LogP contribution in [-0.4, -0.2) is 56.4 Å². The first-order valence-corrected chi connectivity index (χ1v) is 11.0. The van der Waals surface area contributed by atoms with Gasteiger partial charge in [-0.2, -0.15) is 4.57 Å². The van der Waals surface area contributed by atoms with E-state index in [2.05, 4.69) is 10.3 Å². The maximum atomic E-state index is 13.8. The van der Waals surface area contributed by atoms with Crippen molar-refractivity contribution in [3.63, 3.8) is 0 Å². The maximum Gasteiger partial charge on any atom is 0.236 e. The average Bonchev–Trinajstić information content (AvgIpc) is 3.46. The van der Waals surface area contributed by atoms with E-state index in [0.717, 1.165) is 12.1 Å². The molecule has 2 fully saturated rings. The van der Waals surface area contributed by atoms with Gasteiger partial charge in [0.15, 0.2) is 29.8 Å². The van der Waals surface area contributed by atoms with Crippen LogP contribution >= 0.6 is 0 Å². The number of hydrogen-bond acceptors (Lipinski definition) is 6. The minimum Gasteiger partial charge on any atom is -0.394 e. The van der Waals surface area contributed by atoms with E-state index in [-0.39, 0.29) is 17.2 Å². The summed E-state index contributed by atoms with van der Waals surface area (Å²) in [6.07, 6.45) is 3.36. The molecular weight excluding hydrogens is 453 g/mol. The molecule has 1 aromatic carbocycles. The van der Waals surface area contributed by atoms with Crippen LogP contribution in [0.1, 0.15) is 25.4 Å². The molecule has 0 saturated carbocycles. The molecule has 2 aliphatic heterocycles. The summed E-state index contributed by atoms with van der Waals surface area (Å²) in [7, 11) is 0. The van der Waals surface area contributed by atoms with Crippen LogP contribution in [-0.2, 0) is 9.47 Å². The number of aliphatic hydroxyl groups is 2. The van der Waals surface area contributed by atoms with Gasteiger partial charge in [0.05, 0.1) is 19.4 Å². The Morgan fingerprint density at radius 2 is 1.88 bits per heavy atom. The number of benzene rings is 1. The van der Waals surface area contributed by atoms with Crippen LogP contribution in [0.3, 0.4) is 0 Å². The minimum absolute atomic E-state index is 0.00715. The molecule has 34 heavy (non-hydrogen) atoms. The number of nitrogens with zero attached hydrogens (tertiary/aromatic N) is 4. The van der Waals surface area contributed by atoms with Gasteiger partial charge in [0, 0.05) is 24.1 Å². The van der Waals surface area contributed by atoms with Crippen LogP contribution in [0.2, 0.25) is 0 Å². The second-order valence-corrected chi connectivity index (χ2v) is 8.86.